The molecule has 1 aromatic rings. The molecule has 7 heteroatoms. The second-order valence-corrected chi connectivity index (χ2v) is 7.86. The van der Waals surface area contributed by atoms with Crippen LogP contribution in [0.3, 0.4) is 0 Å². The van der Waals surface area contributed by atoms with E-state index in [-0.39, 0.29) is 18.4 Å². The van der Waals surface area contributed by atoms with Gasteiger partial charge in [-0.1, -0.05) is 56.5 Å². The molecule has 1 amide bonds. The van der Waals surface area contributed by atoms with Crippen molar-refractivity contribution in [1.29, 1.82) is 0 Å². The number of aromatic nitrogens is 2. The minimum Gasteiger partial charge on any atom is -0.339 e. The summed E-state index contributed by atoms with van der Waals surface area (Å²) in [5.74, 6) is 1.51. The Hall–Kier alpha value is -1.47. The first-order chi connectivity index (χ1) is 12.8. The maximum Gasteiger partial charge on any atom is 0.244 e. The molecule has 0 bridgehead atoms. The molecule has 3 N–H and O–H groups in total. The van der Waals surface area contributed by atoms with Crippen molar-refractivity contribution in [3.05, 3.63) is 11.7 Å². The van der Waals surface area contributed by atoms with Gasteiger partial charge in [-0.15, -0.1) is 0 Å². The fraction of sp³-hybridized carbons (Fsp3) is 0.842. The quantitative estimate of drug-likeness (QED) is 0.481. The molecule has 2 fully saturated rings. The number of hydrogen-bond donors (Lipinski definition) is 3. The third-order valence-corrected chi connectivity index (χ3v) is 5.87. The molecule has 1 aliphatic carbocycles. The Labute approximate surface area is 155 Å². The number of piperidine rings is 1. The van der Waals surface area contributed by atoms with Crippen molar-refractivity contribution < 1.29 is 14.5 Å². The molecule has 1 saturated heterocycles. The van der Waals surface area contributed by atoms with Crippen molar-refractivity contribution in [2.45, 2.75) is 89.0 Å². The molecule has 2 atom stereocenters. The fourth-order valence-electron chi connectivity index (χ4n) is 4.34. The first kappa shape index (κ1) is 19.3. The first-order valence-corrected chi connectivity index (χ1v) is 10.3. The van der Waals surface area contributed by atoms with Crippen LogP contribution in [0.4, 0.5) is 0 Å². The van der Waals surface area contributed by atoms with Crippen LogP contribution in [0.15, 0.2) is 4.52 Å². The van der Waals surface area contributed by atoms with Crippen molar-refractivity contribution in [1.82, 2.24) is 20.9 Å². The number of hydroxylamine groups is 1. The standard InChI is InChI=1S/C19H32N4O3/c24-17(22-25)13-15(10-6-9-14-7-2-1-3-8-14)19-21-18(23-26-19)16-11-4-5-12-20-16/h14-16,20,25H,1-13H2,(H,22,24)/t15-,16?/m1/s1. The van der Waals surface area contributed by atoms with Gasteiger partial charge < -0.3 is 9.84 Å². The average Bonchev–Trinajstić information content (AvgIpc) is 3.19. The van der Waals surface area contributed by atoms with Gasteiger partial charge in [0, 0.05) is 12.3 Å². The molecule has 1 unspecified atom stereocenters. The minimum absolute atomic E-state index is 0.129. The molecular weight excluding hydrogens is 332 g/mol. The smallest absolute Gasteiger partial charge is 0.244 e. The summed E-state index contributed by atoms with van der Waals surface area (Å²) in [6.07, 6.45) is 13.4. The predicted octanol–water partition coefficient (Wildman–Crippen LogP) is 3.61. The minimum atomic E-state index is -0.400. The summed E-state index contributed by atoms with van der Waals surface area (Å²) < 4.78 is 5.51. The van der Waals surface area contributed by atoms with Gasteiger partial charge in [0.1, 0.15) is 0 Å². The average molecular weight is 364 g/mol. The van der Waals surface area contributed by atoms with Crippen LogP contribution in [0.5, 0.6) is 0 Å². The molecular formula is C19H32N4O3. The summed E-state index contributed by atoms with van der Waals surface area (Å²) in [5.41, 5.74) is 1.73. The Morgan fingerprint density at radius 1 is 1.23 bits per heavy atom. The van der Waals surface area contributed by atoms with Crippen LogP contribution >= 0.6 is 0 Å². The predicted molar refractivity (Wildman–Crippen MR) is 96.6 cm³/mol. The van der Waals surface area contributed by atoms with Gasteiger partial charge in [-0.05, 0) is 31.7 Å². The maximum atomic E-state index is 11.7. The van der Waals surface area contributed by atoms with Crippen molar-refractivity contribution in [3.8, 4) is 0 Å². The molecule has 0 aromatic carbocycles. The topological polar surface area (TPSA) is 100 Å². The van der Waals surface area contributed by atoms with Crippen LogP contribution in [0, 0.1) is 5.92 Å². The second-order valence-electron chi connectivity index (χ2n) is 7.86. The van der Waals surface area contributed by atoms with Crippen LogP contribution in [0.25, 0.3) is 0 Å². The SMILES string of the molecule is O=C(C[C@@H](CCCC1CCCCC1)c1nc(C2CCCCN2)no1)NO. The van der Waals surface area contributed by atoms with Crippen molar-refractivity contribution in [2.24, 2.45) is 5.92 Å². The highest BCUT2D eigenvalue weighted by Gasteiger charge is 2.26. The number of nitrogens with zero attached hydrogens (tertiary/aromatic N) is 2. The zero-order valence-electron chi connectivity index (χ0n) is 15.6. The number of nitrogens with one attached hydrogen (secondary N) is 2. The summed E-state index contributed by atoms with van der Waals surface area (Å²) in [7, 11) is 0. The molecule has 2 heterocycles. The largest absolute Gasteiger partial charge is 0.339 e. The van der Waals surface area contributed by atoms with E-state index in [9.17, 15) is 4.79 Å². The Morgan fingerprint density at radius 3 is 2.77 bits per heavy atom. The monoisotopic (exact) mass is 364 g/mol. The summed E-state index contributed by atoms with van der Waals surface area (Å²) in [5, 5.41) is 16.5. The van der Waals surface area contributed by atoms with E-state index in [1.807, 2.05) is 0 Å². The zero-order chi connectivity index (χ0) is 18.2. The highest BCUT2D eigenvalue weighted by molar-refractivity contribution is 5.75. The number of carbonyl (C=O) groups is 1. The molecule has 2 aliphatic rings. The highest BCUT2D eigenvalue weighted by atomic mass is 16.5. The Morgan fingerprint density at radius 2 is 2.04 bits per heavy atom. The van der Waals surface area contributed by atoms with E-state index >= 15 is 0 Å². The van der Waals surface area contributed by atoms with Crippen LogP contribution in [0.1, 0.15) is 101 Å². The molecule has 1 aromatic heterocycles. The lowest BCUT2D eigenvalue weighted by Crippen LogP contribution is -2.27. The number of carbonyl (C=O) groups excluding carboxylic acids is 1. The van der Waals surface area contributed by atoms with Gasteiger partial charge in [-0.3, -0.25) is 10.0 Å². The maximum absolute atomic E-state index is 11.7. The summed E-state index contributed by atoms with van der Waals surface area (Å²) in [4.78, 5) is 16.3. The molecule has 7 nitrogen and oxygen atoms in total. The van der Waals surface area contributed by atoms with Gasteiger partial charge in [0.05, 0.1) is 6.04 Å². The lowest BCUT2D eigenvalue weighted by molar-refractivity contribution is -0.129. The highest BCUT2D eigenvalue weighted by Crippen LogP contribution is 2.31. The van der Waals surface area contributed by atoms with Crippen LogP contribution in [-0.4, -0.2) is 27.8 Å². The van der Waals surface area contributed by atoms with E-state index in [1.165, 1.54) is 51.4 Å². The van der Waals surface area contributed by atoms with E-state index in [2.05, 4.69) is 15.5 Å². The third kappa shape index (κ3) is 5.51. The second kappa shape index (κ2) is 10.0. The molecule has 3 rings (SSSR count). The molecule has 0 radical (unpaired) electrons. The van der Waals surface area contributed by atoms with E-state index in [1.54, 1.807) is 5.48 Å². The summed E-state index contributed by atoms with van der Waals surface area (Å²) in [6.45, 7) is 0.978. The van der Waals surface area contributed by atoms with Gasteiger partial charge in [0.15, 0.2) is 5.82 Å². The van der Waals surface area contributed by atoms with Gasteiger partial charge in [0.2, 0.25) is 11.8 Å². The Kier molecular flexibility index (Phi) is 7.43. The van der Waals surface area contributed by atoms with E-state index in [0.29, 0.717) is 11.7 Å². The molecule has 146 valence electrons. The van der Waals surface area contributed by atoms with Crippen molar-refractivity contribution in [2.75, 3.05) is 6.54 Å². The lowest BCUT2D eigenvalue weighted by atomic mass is 9.84. The van der Waals surface area contributed by atoms with Gasteiger partial charge >= 0.3 is 0 Å². The van der Waals surface area contributed by atoms with Gasteiger partial charge in [0.25, 0.3) is 0 Å². The van der Waals surface area contributed by atoms with E-state index in [0.717, 1.165) is 31.7 Å². The van der Waals surface area contributed by atoms with Crippen LogP contribution < -0.4 is 10.8 Å². The van der Waals surface area contributed by atoms with Crippen LogP contribution in [0.2, 0.25) is 0 Å². The zero-order valence-corrected chi connectivity index (χ0v) is 15.6. The lowest BCUT2D eigenvalue weighted by Gasteiger charge is -2.22. The first-order valence-electron chi connectivity index (χ1n) is 10.3. The van der Waals surface area contributed by atoms with Crippen LogP contribution in [-0.2, 0) is 4.79 Å². The number of hydrogen-bond acceptors (Lipinski definition) is 6. The summed E-state index contributed by atoms with van der Waals surface area (Å²) >= 11 is 0. The molecule has 0 spiro atoms. The van der Waals surface area contributed by atoms with Crippen molar-refractivity contribution >= 4 is 5.91 Å². The fourth-order valence-corrected chi connectivity index (χ4v) is 4.34. The molecule has 1 aliphatic heterocycles. The Balaban J connectivity index is 1.57. The number of amides is 1. The number of rotatable bonds is 8. The molecule has 26 heavy (non-hydrogen) atoms. The summed E-state index contributed by atoms with van der Waals surface area (Å²) in [6, 6.07) is 0.149. The third-order valence-electron chi connectivity index (χ3n) is 5.87. The van der Waals surface area contributed by atoms with Crippen molar-refractivity contribution in [3.63, 3.8) is 0 Å². The van der Waals surface area contributed by atoms with E-state index < -0.39 is 5.91 Å². The Bertz CT molecular complexity index is 551. The van der Waals surface area contributed by atoms with E-state index in [4.69, 9.17) is 9.73 Å². The van der Waals surface area contributed by atoms with Gasteiger partial charge in [-0.25, -0.2) is 5.48 Å². The normalized spacial score (nSPS) is 22.9. The van der Waals surface area contributed by atoms with Gasteiger partial charge in [-0.2, -0.15) is 4.98 Å². The molecule has 1 saturated carbocycles.